The molecule has 0 fully saturated rings. The lowest BCUT2D eigenvalue weighted by atomic mass is 10.2. The number of anilines is 1. The number of phenols is 1. The molecule has 1 amide bonds. The molecule has 0 aliphatic rings. The highest BCUT2D eigenvalue weighted by molar-refractivity contribution is 14.1. The Morgan fingerprint density at radius 1 is 1.27 bits per heavy atom. The van der Waals surface area contributed by atoms with Crippen molar-refractivity contribution >= 4 is 51.5 Å². The number of nitrogens with one attached hydrogen (secondary N) is 2. The van der Waals surface area contributed by atoms with Crippen LogP contribution in [0.2, 0.25) is 0 Å². The Bertz CT molecular complexity index is 722. The van der Waals surface area contributed by atoms with Gasteiger partial charge >= 0.3 is 0 Å². The number of benzene rings is 2. The molecule has 7 heteroatoms. The Labute approximate surface area is 146 Å². The molecule has 0 unspecified atom stereocenters. The Balaban J connectivity index is 2.07. The van der Waals surface area contributed by atoms with Crippen molar-refractivity contribution in [2.75, 3.05) is 12.4 Å². The molecule has 0 aliphatic heterocycles. The Hall–Kier alpha value is -1.87. The second-order valence-corrected chi connectivity index (χ2v) is 5.84. The molecular weight excluding hydrogens is 415 g/mol. The molecule has 0 saturated carbocycles. The van der Waals surface area contributed by atoms with Crippen LogP contribution in [-0.4, -0.2) is 23.2 Å². The maximum absolute atomic E-state index is 12.1. The van der Waals surface area contributed by atoms with Gasteiger partial charge in [0.05, 0.1) is 18.4 Å². The second kappa shape index (κ2) is 7.41. The third-order valence-electron chi connectivity index (χ3n) is 2.80. The van der Waals surface area contributed by atoms with Gasteiger partial charge in [-0.05, 0) is 59.1 Å². The van der Waals surface area contributed by atoms with Crippen molar-refractivity contribution in [1.82, 2.24) is 5.32 Å². The number of phenolic OH excluding ortho intramolecular Hbond substituents is 1. The van der Waals surface area contributed by atoms with Gasteiger partial charge in [-0.1, -0.05) is 12.1 Å². The zero-order valence-electron chi connectivity index (χ0n) is 11.6. The maximum Gasteiger partial charge on any atom is 0.258 e. The van der Waals surface area contributed by atoms with Crippen molar-refractivity contribution in [3.05, 3.63) is 51.6 Å². The fourth-order valence-corrected chi connectivity index (χ4v) is 2.55. The molecule has 114 valence electrons. The largest absolute Gasteiger partial charge is 0.506 e. The number of hydrogen-bond donors (Lipinski definition) is 3. The Morgan fingerprint density at radius 2 is 2.00 bits per heavy atom. The Kier molecular flexibility index (Phi) is 5.56. The van der Waals surface area contributed by atoms with E-state index in [4.69, 9.17) is 17.0 Å². The van der Waals surface area contributed by atoms with E-state index in [9.17, 15) is 9.90 Å². The molecule has 0 radical (unpaired) electrons. The number of thiocarbonyl (C=S) groups is 1. The topological polar surface area (TPSA) is 70.6 Å². The van der Waals surface area contributed by atoms with Gasteiger partial charge in [0.2, 0.25) is 0 Å². The van der Waals surface area contributed by atoms with Gasteiger partial charge in [-0.3, -0.25) is 10.1 Å². The summed E-state index contributed by atoms with van der Waals surface area (Å²) in [4.78, 5) is 12.1. The summed E-state index contributed by atoms with van der Waals surface area (Å²) in [6, 6.07) is 11.9. The van der Waals surface area contributed by atoms with Crippen LogP contribution in [0.1, 0.15) is 10.4 Å². The van der Waals surface area contributed by atoms with Crippen LogP contribution < -0.4 is 15.4 Å². The monoisotopic (exact) mass is 428 g/mol. The van der Waals surface area contributed by atoms with E-state index >= 15 is 0 Å². The third-order valence-corrected chi connectivity index (χ3v) is 3.94. The maximum atomic E-state index is 12.1. The minimum atomic E-state index is -0.315. The lowest BCUT2D eigenvalue weighted by molar-refractivity contribution is 0.0977. The molecule has 0 atom stereocenters. The van der Waals surface area contributed by atoms with E-state index in [2.05, 4.69) is 33.2 Å². The number of halogens is 1. The van der Waals surface area contributed by atoms with E-state index < -0.39 is 0 Å². The fourth-order valence-electron chi connectivity index (χ4n) is 1.71. The first kappa shape index (κ1) is 16.5. The lowest BCUT2D eigenvalue weighted by Gasteiger charge is -2.12. The predicted octanol–water partition coefficient (Wildman–Crippen LogP) is 3.13. The predicted molar refractivity (Wildman–Crippen MR) is 97.5 cm³/mol. The van der Waals surface area contributed by atoms with Gasteiger partial charge in [0, 0.05) is 9.64 Å². The van der Waals surface area contributed by atoms with Crippen molar-refractivity contribution in [2.45, 2.75) is 0 Å². The highest BCUT2D eigenvalue weighted by Gasteiger charge is 2.12. The molecular formula is C15H13IN2O3S. The van der Waals surface area contributed by atoms with Gasteiger partial charge in [0.15, 0.2) is 5.11 Å². The van der Waals surface area contributed by atoms with E-state index in [1.807, 2.05) is 12.1 Å². The molecule has 3 N–H and O–H groups in total. The quantitative estimate of drug-likeness (QED) is 0.398. The van der Waals surface area contributed by atoms with E-state index in [0.29, 0.717) is 17.0 Å². The average molecular weight is 428 g/mol. The molecule has 2 aromatic carbocycles. The summed E-state index contributed by atoms with van der Waals surface area (Å²) in [5.74, 6) is 0.253. The molecule has 0 aliphatic carbocycles. The van der Waals surface area contributed by atoms with E-state index in [-0.39, 0.29) is 16.8 Å². The first-order chi connectivity index (χ1) is 10.5. The van der Waals surface area contributed by atoms with Gasteiger partial charge in [-0.15, -0.1) is 0 Å². The van der Waals surface area contributed by atoms with Gasteiger partial charge in [-0.2, -0.15) is 0 Å². The summed E-state index contributed by atoms with van der Waals surface area (Å²) in [6.07, 6.45) is 0. The minimum absolute atomic E-state index is 0.00620. The van der Waals surface area contributed by atoms with Crippen LogP contribution in [0.4, 0.5) is 5.69 Å². The van der Waals surface area contributed by atoms with Crippen LogP contribution in [0.15, 0.2) is 42.5 Å². The van der Waals surface area contributed by atoms with Crippen LogP contribution in [0.5, 0.6) is 11.5 Å². The highest BCUT2D eigenvalue weighted by atomic mass is 127. The van der Waals surface area contributed by atoms with E-state index in [1.165, 1.54) is 13.2 Å². The molecule has 0 aromatic heterocycles. The first-order valence-corrected chi connectivity index (χ1v) is 7.74. The van der Waals surface area contributed by atoms with Crippen molar-refractivity contribution in [2.24, 2.45) is 0 Å². The van der Waals surface area contributed by atoms with Crippen molar-refractivity contribution in [3.8, 4) is 11.5 Å². The van der Waals surface area contributed by atoms with Crippen LogP contribution in [-0.2, 0) is 0 Å². The Morgan fingerprint density at radius 3 is 2.68 bits per heavy atom. The molecule has 22 heavy (non-hydrogen) atoms. The summed E-state index contributed by atoms with van der Waals surface area (Å²) in [5, 5.41) is 15.2. The SMILES string of the molecule is COc1ccc(O)c(NC(=S)NC(=O)c2ccccc2I)c1. The number of hydrogen-bond acceptors (Lipinski definition) is 4. The van der Waals surface area contributed by atoms with Crippen LogP contribution in [0.3, 0.4) is 0 Å². The summed E-state index contributed by atoms with van der Waals surface area (Å²) in [6.45, 7) is 0. The smallest absolute Gasteiger partial charge is 0.258 e. The first-order valence-electron chi connectivity index (χ1n) is 6.25. The zero-order valence-corrected chi connectivity index (χ0v) is 14.6. The highest BCUT2D eigenvalue weighted by Crippen LogP contribution is 2.27. The summed E-state index contributed by atoms with van der Waals surface area (Å²) in [7, 11) is 1.52. The molecule has 0 bridgehead atoms. The second-order valence-electron chi connectivity index (χ2n) is 4.27. The molecule has 0 spiro atoms. The van der Waals surface area contributed by atoms with Crippen molar-refractivity contribution in [3.63, 3.8) is 0 Å². The number of carbonyl (C=O) groups is 1. The van der Waals surface area contributed by atoms with Gasteiger partial charge < -0.3 is 15.2 Å². The van der Waals surface area contributed by atoms with E-state index in [0.717, 1.165) is 3.57 Å². The number of rotatable bonds is 3. The normalized spacial score (nSPS) is 9.91. The van der Waals surface area contributed by atoms with Crippen LogP contribution >= 0.6 is 34.8 Å². The van der Waals surface area contributed by atoms with Crippen LogP contribution in [0, 0.1) is 3.57 Å². The summed E-state index contributed by atoms with van der Waals surface area (Å²) < 4.78 is 5.90. The van der Waals surface area contributed by atoms with Crippen molar-refractivity contribution < 1.29 is 14.6 Å². The molecule has 5 nitrogen and oxygen atoms in total. The number of aromatic hydroxyl groups is 1. The zero-order chi connectivity index (χ0) is 16.1. The summed E-state index contributed by atoms with van der Waals surface area (Å²) >= 11 is 7.18. The number of ether oxygens (including phenoxy) is 1. The number of carbonyl (C=O) groups excluding carboxylic acids is 1. The van der Waals surface area contributed by atoms with E-state index in [1.54, 1.807) is 24.3 Å². The lowest BCUT2D eigenvalue weighted by Crippen LogP contribution is -2.34. The van der Waals surface area contributed by atoms with Gasteiger partial charge in [-0.25, -0.2) is 0 Å². The van der Waals surface area contributed by atoms with Gasteiger partial charge in [0.25, 0.3) is 5.91 Å². The molecule has 2 aromatic rings. The van der Waals surface area contributed by atoms with Crippen molar-refractivity contribution in [1.29, 1.82) is 0 Å². The number of amides is 1. The fraction of sp³-hybridized carbons (Fsp3) is 0.0667. The number of methoxy groups -OCH3 is 1. The molecule has 0 heterocycles. The minimum Gasteiger partial charge on any atom is -0.506 e. The van der Waals surface area contributed by atoms with Gasteiger partial charge in [0.1, 0.15) is 11.5 Å². The molecule has 0 saturated heterocycles. The average Bonchev–Trinajstić information content (AvgIpc) is 2.49. The van der Waals surface area contributed by atoms with Crippen LogP contribution in [0.25, 0.3) is 0 Å². The summed E-state index contributed by atoms with van der Waals surface area (Å²) in [5.41, 5.74) is 0.884. The standard InChI is InChI=1S/C15H13IN2O3S/c1-21-9-6-7-13(19)12(8-9)17-15(22)18-14(20)10-4-2-3-5-11(10)16/h2-8,19H,1H3,(H2,17,18,20,22). The molecule has 2 rings (SSSR count). The third kappa shape index (κ3) is 4.08.